The second kappa shape index (κ2) is 10.1. The predicted octanol–water partition coefficient (Wildman–Crippen LogP) is 6.19. The largest absolute Gasteiger partial charge is 0.438 e. The summed E-state index contributed by atoms with van der Waals surface area (Å²) in [6.45, 7) is 4.12. The third kappa shape index (κ3) is 5.43. The molecule has 0 unspecified atom stereocenters. The summed E-state index contributed by atoms with van der Waals surface area (Å²) in [4.78, 5) is 22.2. The Morgan fingerprint density at radius 1 is 0.914 bits per heavy atom. The number of benzene rings is 2. The summed E-state index contributed by atoms with van der Waals surface area (Å²) in [5.41, 5.74) is 3.77. The van der Waals surface area contributed by atoms with Crippen LogP contribution in [0.2, 0.25) is 0 Å². The molecule has 6 nitrogen and oxygen atoms in total. The Bertz CT molecular complexity index is 1350. The van der Waals surface area contributed by atoms with Gasteiger partial charge in [-0.3, -0.25) is 4.79 Å². The van der Waals surface area contributed by atoms with Crippen LogP contribution >= 0.6 is 0 Å². The molecule has 5 rings (SSSR count). The highest BCUT2D eigenvalue weighted by Gasteiger charge is 2.24. The van der Waals surface area contributed by atoms with Gasteiger partial charge in [0, 0.05) is 23.7 Å². The van der Waals surface area contributed by atoms with E-state index in [-0.39, 0.29) is 11.9 Å². The molecule has 1 fully saturated rings. The fourth-order valence-electron chi connectivity index (χ4n) is 4.71. The summed E-state index contributed by atoms with van der Waals surface area (Å²) in [5.74, 6) is 1.76. The quantitative estimate of drug-likeness (QED) is 0.354. The van der Waals surface area contributed by atoms with Gasteiger partial charge in [-0.25, -0.2) is 9.97 Å². The molecule has 1 aliphatic rings. The molecular formula is C29H30N4O2. The molecule has 35 heavy (non-hydrogen) atoms. The summed E-state index contributed by atoms with van der Waals surface area (Å²) in [6.07, 6.45) is 5.40. The van der Waals surface area contributed by atoms with E-state index in [1.165, 1.54) is 10.9 Å². The molecule has 2 N–H and O–H groups in total. The van der Waals surface area contributed by atoms with Crippen LogP contribution in [-0.4, -0.2) is 28.0 Å². The summed E-state index contributed by atoms with van der Waals surface area (Å²) in [5, 5.41) is 7.98. The Morgan fingerprint density at radius 3 is 2.54 bits per heavy atom. The first-order valence-corrected chi connectivity index (χ1v) is 12.2. The van der Waals surface area contributed by atoms with Crippen LogP contribution < -0.4 is 15.4 Å². The van der Waals surface area contributed by atoms with Crippen molar-refractivity contribution in [3.63, 3.8) is 0 Å². The van der Waals surface area contributed by atoms with Crippen molar-refractivity contribution in [3.8, 4) is 11.6 Å². The van der Waals surface area contributed by atoms with Crippen LogP contribution in [0.3, 0.4) is 0 Å². The van der Waals surface area contributed by atoms with Crippen molar-refractivity contribution in [1.82, 2.24) is 15.3 Å². The van der Waals surface area contributed by atoms with Crippen LogP contribution in [0, 0.1) is 13.8 Å². The Morgan fingerprint density at radius 2 is 1.71 bits per heavy atom. The normalized spacial score (nSPS) is 17.7. The average Bonchev–Trinajstić information content (AvgIpc) is 2.86. The van der Waals surface area contributed by atoms with Gasteiger partial charge in [-0.2, -0.15) is 0 Å². The second-order valence-corrected chi connectivity index (χ2v) is 9.28. The van der Waals surface area contributed by atoms with Crippen LogP contribution in [0.4, 0.5) is 5.82 Å². The molecule has 178 valence electrons. The van der Waals surface area contributed by atoms with Gasteiger partial charge in [-0.1, -0.05) is 30.3 Å². The molecule has 0 aliphatic heterocycles. The van der Waals surface area contributed by atoms with Gasteiger partial charge in [-0.05, 0) is 87.1 Å². The summed E-state index contributed by atoms with van der Waals surface area (Å²) in [6, 6.07) is 22.0. The van der Waals surface area contributed by atoms with Gasteiger partial charge in [-0.15, -0.1) is 0 Å². The average molecular weight is 467 g/mol. The lowest BCUT2D eigenvalue weighted by molar-refractivity contribution is 0.0923. The summed E-state index contributed by atoms with van der Waals surface area (Å²) >= 11 is 0. The molecule has 0 spiro atoms. The fraction of sp³-hybridized carbons (Fsp3) is 0.276. The van der Waals surface area contributed by atoms with Crippen molar-refractivity contribution in [2.24, 2.45) is 0 Å². The van der Waals surface area contributed by atoms with E-state index in [9.17, 15) is 4.79 Å². The van der Waals surface area contributed by atoms with E-state index in [0.717, 1.165) is 42.6 Å². The van der Waals surface area contributed by atoms with Crippen LogP contribution in [-0.2, 0) is 0 Å². The van der Waals surface area contributed by atoms with Crippen LogP contribution in [0.15, 0.2) is 72.9 Å². The van der Waals surface area contributed by atoms with Crippen LogP contribution in [0.1, 0.15) is 47.2 Å². The number of ether oxygens (including phenoxy) is 1. The molecule has 0 atom stereocenters. The van der Waals surface area contributed by atoms with Crippen molar-refractivity contribution in [1.29, 1.82) is 0 Å². The van der Waals surface area contributed by atoms with E-state index in [2.05, 4.69) is 40.7 Å². The SMILES string of the molecule is Cc1cccc(Oc2ncccc2C(=O)NC2CCC(Nc3cc(C)c4ccccc4n3)CC2)c1. The maximum Gasteiger partial charge on any atom is 0.257 e. The topological polar surface area (TPSA) is 76.1 Å². The Hall–Kier alpha value is -3.93. The number of nitrogens with one attached hydrogen (secondary N) is 2. The van der Waals surface area contributed by atoms with Gasteiger partial charge in [0.25, 0.3) is 5.91 Å². The van der Waals surface area contributed by atoms with Crippen molar-refractivity contribution >= 4 is 22.6 Å². The number of carbonyl (C=O) groups is 1. The lowest BCUT2D eigenvalue weighted by Crippen LogP contribution is -2.40. The third-order valence-electron chi connectivity index (χ3n) is 6.56. The Kier molecular flexibility index (Phi) is 6.62. The first-order chi connectivity index (χ1) is 17.0. The molecule has 1 amide bonds. The number of hydrogen-bond donors (Lipinski definition) is 2. The molecule has 1 aliphatic carbocycles. The number of aryl methyl sites for hydroxylation is 2. The lowest BCUT2D eigenvalue weighted by atomic mass is 9.91. The van der Waals surface area contributed by atoms with Crippen molar-refractivity contribution in [2.75, 3.05) is 5.32 Å². The van der Waals surface area contributed by atoms with E-state index in [1.807, 2.05) is 43.3 Å². The number of carbonyl (C=O) groups excluding carboxylic acids is 1. The predicted molar refractivity (Wildman–Crippen MR) is 139 cm³/mol. The van der Waals surface area contributed by atoms with Gasteiger partial charge >= 0.3 is 0 Å². The zero-order valence-electron chi connectivity index (χ0n) is 20.1. The number of nitrogens with zero attached hydrogens (tertiary/aromatic N) is 2. The van der Waals surface area contributed by atoms with E-state index in [4.69, 9.17) is 9.72 Å². The Labute approximate surface area is 205 Å². The molecular weight excluding hydrogens is 436 g/mol. The molecule has 2 aromatic heterocycles. The van der Waals surface area contributed by atoms with E-state index in [0.29, 0.717) is 23.2 Å². The van der Waals surface area contributed by atoms with Crippen molar-refractivity contribution < 1.29 is 9.53 Å². The lowest BCUT2D eigenvalue weighted by Gasteiger charge is -2.30. The molecule has 1 saturated carbocycles. The molecule has 2 heterocycles. The van der Waals surface area contributed by atoms with Crippen LogP contribution in [0.25, 0.3) is 10.9 Å². The molecule has 0 radical (unpaired) electrons. The Balaban J connectivity index is 1.19. The monoisotopic (exact) mass is 466 g/mol. The fourth-order valence-corrected chi connectivity index (χ4v) is 4.71. The van der Waals surface area contributed by atoms with E-state index >= 15 is 0 Å². The minimum absolute atomic E-state index is 0.124. The highest BCUT2D eigenvalue weighted by molar-refractivity contribution is 5.96. The third-order valence-corrected chi connectivity index (χ3v) is 6.56. The first kappa shape index (κ1) is 22.8. The molecule has 0 bridgehead atoms. The standard InChI is InChI=1S/C29H30N4O2/c1-19-7-5-8-23(17-19)35-29-25(10-6-16-30-29)28(34)32-22-14-12-21(13-15-22)31-27-18-20(2)24-9-3-4-11-26(24)33-27/h3-11,16-18,21-22H,12-15H2,1-2H3,(H,31,33)(H,32,34). The maximum atomic E-state index is 13.1. The van der Waals surface area contributed by atoms with Gasteiger partial charge < -0.3 is 15.4 Å². The van der Waals surface area contributed by atoms with Gasteiger partial charge in [0.15, 0.2) is 0 Å². The number of fused-ring (bicyclic) bond motifs is 1. The zero-order chi connectivity index (χ0) is 24.2. The highest BCUT2D eigenvalue weighted by atomic mass is 16.5. The van der Waals surface area contributed by atoms with E-state index in [1.54, 1.807) is 18.3 Å². The van der Waals surface area contributed by atoms with Gasteiger partial charge in [0.1, 0.15) is 17.1 Å². The zero-order valence-corrected chi connectivity index (χ0v) is 20.1. The maximum absolute atomic E-state index is 13.1. The number of pyridine rings is 2. The van der Waals surface area contributed by atoms with Gasteiger partial charge in [0.05, 0.1) is 5.52 Å². The number of hydrogen-bond acceptors (Lipinski definition) is 5. The summed E-state index contributed by atoms with van der Waals surface area (Å²) < 4.78 is 5.94. The van der Waals surface area contributed by atoms with Crippen molar-refractivity contribution in [2.45, 2.75) is 51.6 Å². The smallest absolute Gasteiger partial charge is 0.257 e. The minimum Gasteiger partial charge on any atom is -0.438 e. The molecule has 6 heteroatoms. The molecule has 4 aromatic rings. The summed E-state index contributed by atoms with van der Waals surface area (Å²) in [7, 11) is 0. The number of amides is 1. The molecule has 2 aromatic carbocycles. The number of aromatic nitrogens is 2. The number of para-hydroxylation sites is 1. The highest BCUT2D eigenvalue weighted by Crippen LogP contribution is 2.27. The minimum atomic E-state index is -0.149. The first-order valence-electron chi connectivity index (χ1n) is 12.2. The van der Waals surface area contributed by atoms with Crippen LogP contribution in [0.5, 0.6) is 11.6 Å². The van der Waals surface area contributed by atoms with E-state index < -0.39 is 0 Å². The number of rotatable bonds is 6. The second-order valence-electron chi connectivity index (χ2n) is 9.28. The molecule has 0 saturated heterocycles. The van der Waals surface area contributed by atoms with Crippen molar-refractivity contribution in [3.05, 3.63) is 89.6 Å². The van der Waals surface area contributed by atoms with Gasteiger partial charge in [0.2, 0.25) is 5.88 Å². The number of anilines is 1.